The Morgan fingerprint density at radius 1 is 1.38 bits per heavy atom. The van der Waals surface area contributed by atoms with Gasteiger partial charge in [0.2, 0.25) is 5.89 Å². The molecule has 5 heteroatoms. The lowest BCUT2D eigenvalue weighted by Gasteiger charge is -2.14. The number of likely N-dealkylation sites (N-methyl/N-ethyl adjacent to an activating group) is 1. The molecule has 0 radical (unpaired) electrons. The zero-order chi connectivity index (χ0) is 12.3. The Balaban J connectivity index is 2.64. The highest BCUT2D eigenvalue weighted by molar-refractivity contribution is 4.95. The van der Waals surface area contributed by atoms with Gasteiger partial charge in [-0.1, -0.05) is 25.9 Å². The quantitative estimate of drug-likeness (QED) is 0.836. The third kappa shape index (κ3) is 4.28. The maximum atomic E-state index is 5.95. The van der Waals surface area contributed by atoms with Crippen LogP contribution >= 0.6 is 0 Å². The highest BCUT2D eigenvalue weighted by atomic mass is 16.5. The van der Waals surface area contributed by atoms with Gasteiger partial charge in [-0.15, -0.1) is 0 Å². The summed E-state index contributed by atoms with van der Waals surface area (Å²) < 4.78 is 5.18. The maximum absolute atomic E-state index is 5.95. The van der Waals surface area contributed by atoms with Crippen LogP contribution in [0.3, 0.4) is 0 Å². The lowest BCUT2D eigenvalue weighted by atomic mass is 9.92. The van der Waals surface area contributed by atoms with Gasteiger partial charge in [0.1, 0.15) is 0 Å². The number of rotatable bonds is 4. The van der Waals surface area contributed by atoms with Gasteiger partial charge in [-0.25, -0.2) is 0 Å². The SMILES string of the molecule is CN(C)CC(N)c1noc(CC(C)(C)C)n1. The first kappa shape index (κ1) is 13.1. The van der Waals surface area contributed by atoms with Crippen LogP contribution in [0.15, 0.2) is 4.52 Å². The van der Waals surface area contributed by atoms with Crippen LogP contribution < -0.4 is 5.73 Å². The largest absolute Gasteiger partial charge is 0.339 e. The van der Waals surface area contributed by atoms with Gasteiger partial charge in [0.15, 0.2) is 5.82 Å². The molecule has 0 amide bonds. The summed E-state index contributed by atoms with van der Waals surface area (Å²) in [5, 5.41) is 3.92. The van der Waals surface area contributed by atoms with Crippen LogP contribution in [0.1, 0.15) is 38.5 Å². The van der Waals surface area contributed by atoms with E-state index >= 15 is 0 Å². The average Bonchev–Trinajstić information content (AvgIpc) is 2.48. The monoisotopic (exact) mass is 226 g/mol. The van der Waals surface area contributed by atoms with Crippen LogP contribution in [0.25, 0.3) is 0 Å². The Bertz CT molecular complexity index is 327. The minimum Gasteiger partial charge on any atom is -0.339 e. The van der Waals surface area contributed by atoms with Crippen molar-refractivity contribution >= 4 is 0 Å². The van der Waals surface area contributed by atoms with Gasteiger partial charge >= 0.3 is 0 Å². The molecule has 0 bridgehead atoms. The van der Waals surface area contributed by atoms with Crippen LogP contribution in [0.2, 0.25) is 0 Å². The standard InChI is InChI=1S/C11H22N4O/c1-11(2,3)6-9-13-10(14-16-9)8(12)7-15(4)5/h8H,6-7,12H2,1-5H3. The smallest absolute Gasteiger partial charge is 0.227 e. The summed E-state index contributed by atoms with van der Waals surface area (Å²) in [6.07, 6.45) is 0.773. The van der Waals surface area contributed by atoms with Gasteiger partial charge in [0.25, 0.3) is 0 Å². The highest BCUT2D eigenvalue weighted by Gasteiger charge is 2.19. The van der Waals surface area contributed by atoms with E-state index in [0.717, 1.165) is 6.42 Å². The molecular weight excluding hydrogens is 204 g/mol. The molecule has 0 fully saturated rings. The Hall–Kier alpha value is -0.940. The van der Waals surface area contributed by atoms with Crippen LogP contribution in [0, 0.1) is 5.41 Å². The first-order chi connectivity index (χ1) is 7.28. The Labute approximate surface area is 97.0 Å². The molecule has 5 nitrogen and oxygen atoms in total. The van der Waals surface area contributed by atoms with Crippen molar-refractivity contribution in [3.63, 3.8) is 0 Å². The molecule has 0 aliphatic carbocycles. The molecule has 0 aliphatic heterocycles. The number of nitrogens with two attached hydrogens (primary N) is 1. The predicted molar refractivity (Wildman–Crippen MR) is 62.9 cm³/mol. The molecule has 0 aromatic carbocycles. The zero-order valence-electron chi connectivity index (χ0n) is 10.8. The summed E-state index contributed by atoms with van der Waals surface area (Å²) in [5.74, 6) is 1.25. The van der Waals surface area contributed by atoms with Crippen LogP contribution in [-0.2, 0) is 6.42 Å². The second-order valence-corrected chi connectivity index (χ2v) is 5.65. The predicted octanol–water partition coefficient (Wildman–Crippen LogP) is 1.22. The summed E-state index contributed by atoms with van der Waals surface area (Å²) in [5.41, 5.74) is 6.09. The Kier molecular flexibility index (Phi) is 4.04. The van der Waals surface area contributed by atoms with Gasteiger partial charge in [-0.2, -0.15) is 4.98 Å². The lowest BCUT2D eigenvalue weighted by molar-refractivity contribution is 0.308. The van der Waals surface area contributed by atoms with Gasteiger partial charge in [-0.05, 0) is 19.5 Å². The molecule has 1 aromatic rings. The van der Waals surface area contributed by atoms with Crippen molar-refractivity contribution in [3.05, 3.63) is 11.7 Å². The lowest BCUT2D eigenvalue weighted by Crippen LogP contribution is -2.26. The molecule has 92 valence electrons. The second-order valence-electron chi connectivity index (χ2n) is 5.65. The van der Waals surface area contributed by atoms with Crippen molar-refractivity contribution < 1.29 is 4.52 Å². The minimum absolute atomic E-state index is 0.148. The van der Waals surface area contributed by atoms with E-state index in [2.05, 4.69) is 30.9 Å². The Morgan fingerprint density at radius 3 is 2.50 bits per heavy atom. The van der Waals surface area contributed by atoms with E-state index in [0.29, 0.717) is 18.3 Å². The zero-order valence-corrected chi connectivity index (χ0v) is 10.8. The first-order valence-electron chi connectivity index (χ1n) is 5.51. The van der Waals surface area contributed by atoms with Crippen LogP contribution in [0.4, 0.5) is 0 Å². The first-order valence-corrected chi connectivity index (χ1v) is 5.51. The van der Waals surface area contributed by atoms with Crippen molar-refractivity contribution in [1.29, 1.82) is 0 Å². The molecule has 1 aromatic heterocycles. The molecule has 1 heterocycles. The number of nitrogens with zero attached hydrogens (tertiary/aromatic N) is 3. The topological polar surface area (TPSA) is 68.2 Å². The van der Waals surface area contributed by atoms with Crippen molar-refractivity contribution in [1.82, 2.24) is 15.0 Å². The van der Waals surface area contributed by atoms with E-state index in [1.54, 1.807) is 0 Å². The second kappa shape index (κ2) is 4.93. The third-order valence-corrected chi connectivity index (χ3v) is 2.06. The van der Waals surface area contributed by atoms with Crippen molar-refractivity contribution in [2.24, 2.45) is 11.1 Å². The summed E-state index contributed by atoms with van der Waals surface area (Å²) in [7, 11) is 3.94. The molecule has 1 unspecified atom stereocenters. The van der Waals surface area contributed by atoms with E-state index in [1.165, 1.54) is 0 Å². The van der Waals surface area contributed by atoms with E-state index in [-0.39, 0.29) is 11.5 Å². The Morgan fingerprint density at radius 2 is 2.00 bits per heavy atom. The molecule has 16 heavy (non-hydrogen) atoms. The van der Waals surface area contributed by atoms with Crippen molar-refractivity contribution in [3.8, 4) is 0 Å². The van der Waals surface area contributed by atoms with Crippen LogP contribution in [0.5, 0.6) is 0 Å². The van der Waals surface area contributed by atoms with Gasteiger partial charge in [-0.3, -0.25) is 0 Å². The van der Waals surface area contributed by atoms with E-state index < -0.39 is 0 Å². The number of hydrogen-bond acceptors (Lipinski definition) is 5. The number of aromatic nitrogens is 2. The average molecular weight is 226 g/mol. The van der Waals surface area contributed by atoms with Gasteiger partial charge in [0, 0.05) is 13.0 Å². The molecule has 0 spiro atoms. The summed E-state index contributed by atoms with van der Waals surface area (Å²) in [6.45, 7) is 7.12. The summed E-state index contributed by atoms with van der Waals surface area (Å²) in [6, 6.07) is -0.188. The van der Waals surface area contributed by atoms with E-state index in [9.17, 15) is 0 Å². The fourth-order valence-corrected chi connectivity index (χ4v) is 1.42. The molecule has 1 rings (SSSR count). The highest BCUT2D eigenvalue weighted by Crippen LogP contribution is 2.20. The van der Waals surface area contributed by atoms with Crippen LogP contribution in [-0.4, -0.2) is 35.7 Å². The minimum atomic E-state index is -0.188. The molecule has 2 N–H and O–H groups in total. The van der Waals surface area contributed by atoms with Gasteiger partial charge in [0.05, 0.1) is 6.04 Å². The molecule has 0 saturated carbocycles. The molecular formula is C11H22N4O. The van der Waals surface area contributed by atoms with Gasteiger partial charge < -0.3 is 15.2 Å². The summed E-state index contributed by atoms with van der Waals surface area (Å²) in [4.78, 5) is 6.32. The molecule has 1 atom stereocenters. The summed E-state index contributed by atoms with van der Waals surface area (Å²) >= 11 is 0. The molecule has 0 aliphatic rings. The number of hydrogen-bond donors (Lipinski definition) is 1. The normalized spacial score (nSPS) is 14.4. The third-order valence-electron chi connectivity index (χ3n) is 2.06. The van der Waals surface area contributed by atoms with E-state index in [1.807, 2.05) is 19.0 Å². The van der Waals surface area contributed by atoms with E-state index in [4.69, 9.17) is 10.3 Å². The van der Waals surface area contributed by atoms with Crippen molar-refractivity contribution in [2.45, 2.75) is 33.2 Å². The fourth-order valence-electron chi connectivity index (χ4n) is 1.42. The maximum Gasteiger partial charge on any atom is 0.227 e. The molecule has 0 saturated heterocycles. The fraction of sp³-hybridized carbons (Fsp3) is 0.818. The van der Waals surface area contributed by atoms with Crippen molar-refractivity contribution in [2.75, 3.05) is 20.6 Å².